The molecular formula is C15H14N4S. The maximum Gasteiger partial charge on any atom is 0.155 e. The Bertz CT molecular complexity index is 804. The van der Waals surface area contributed by atoms with Crippen LogP contribution in [0.4, 0.5) is 0 Å². The summed E-state index contributed by atoms with van der Waals surface area (Å²) in [5.74, 6) is 6.23. The summed E-state index contributed by atoms with van der Waals surface area (Å²) in [6.07, 6.45) is 3.58. The fourth-order valence-electron chi connectivity index (χ4n) is 1.94. The average molecular weight is 282 g/mol. The van der Waals surface area contributed by atoms with Crippen molar-refractivity contribution in [3.8, 4) is 11.8 Å². The number of nitrogens with zero attached hydrogens (tertiary/aromatic N) is 4. The van der Waals surface area contributed by atoms with Gasteiger partial charge in [-0.2, -0.15) is 5.10 Å². The molecule has 0 atom stereocenters. The van der Waals surface area contributed by atoms with Gasteiger partial charge in [-0.15, -0.1) is 11.3 Å². The zero-order chi connectivity index (χ0) is 13.9. The first kappa shape index (κ1) is 12.8. The second-order valence-electron chi connectivity index (χ2n) is 4.56. The van der Waals surface area contributed by atoms with Crippen molar-refractivity contribution in [3.05, 3.63) is 45.8 Å². The lowest BCUT2D eigenvalue weighted by atomic mass is 10.2. The average Bonchev–Trinajstić information content (AvgIpc) is 2.99. The predicted octanol–water partition coefficient (Wildman–Crippen LogP) is 2.79. The fourth-order valence-corrected chi connectivity index (χ4v) is 2.49. The summed E-state index contributed by atoms with van der Waals surface area (Å²) in [6.45, 7) is 3.96. The van der Waals surface area contributed by atoms with Gasteiger partial charge in [-0.05, 0) is 25.8 Å². The van der Waals surface area contributed by atoms with E-state index < -0.39 is 0 Å². The molecule has 20 heavy (non-hydrogen) atoms. The van der Waals surface area contributed by atoms with E-state index in [1.165, 1.54) is 0 Å². The molecule has 3 aromatic rings. The van der Waals surface area contributed by atoms with Gasteiger partial charge in [-0.1, -0.05) is 5.92 Å². The van der Waals surface area contributed by atoms with Crippen molar-refractivity contribution in [3.63, 3.8) is 0 Å². The van der Waals surface area contributed by atoms with Crippen LogP contribution in [-0.2, 0) is 6.42 Å². The van der Waals surface area contributed by atoms with Crippen LogP contribution in [0.25, 0.3) is 5.65 Å². The summed E-state index contributed by atoms with van der Waals surface area (Å²) in [6, 6.07) is 3.97. The van der Waals surface area contributed by atoms with Gasteiger partial charge in [0.25, 0.3) is 0 Å². The van der Waals surface area contributed by atoms with Crippen LogP contribution >= 0.6 is 11.3 Å². The maximum atomic E-state index is 4.56. The van der Waals surface area contributed by atoms with Crippen molar-refractivity contribution in [2.75, 3.05) is 0 Å². The van der Waals surface area contributed by atoms with Crippen LogP contribution < -0.4 is 0 Å². The molecule has 3 rings (SSSR count). The molecule has 5 heteroatoms. The summed E-state index contributed by atoms with van der Waals surface area (Å²) in [7, 11) is 0. The second-order valence-corrected chi connectivity index (χ2v) is 5.62. The van der Waals surface area contributed by atoms with Gasteiger partial charge in [-0.25, -0.2) is 14.5 Å². The van der Waals surface area contributed by atoms with Crippen LogP contribution in [0.5, 0.6) is 0 Å². The van der Waals surface area contributed by atoms with E-state index in [2.05, 4.69) is 26.9 Å². The van der Waals surface area contributed by atoms with E-state index in [1.807, 2.05) is 37.6 Å². The first-order valence-electron chi connectivity index (χ1n) is 6.43. The maximum absolute atomic E-state index is 4.56. The smallest absolute Gasteiger partial charge is 0.155 e. The molecule has 0 aliphatic carbocycles. The Morgan fingerprint density at radius 1 is 1.30 bits per heavy atom. The number of thiazole rings is 1. The molecule has 0 bridgehead atoms. The van der Waals surface area contributed by atoms with Gasteiger partial charge in [0.05, 0.1) is 10.7 Å². The Morgan fingerprint density at radius 2 is 2.20 bits per heavy atom. The van der Waals surface area contributed by atoms with Gasteiger partial charge >= 0.3 is 0 Å². The minimum absolute atomic E-state index is 0.785. The van der Waals surface area contributed by atoms with Crippen molar-refractivity contribution >= 4 is 17.0 Å². The van der Waals surface area contributed by atoms with E-state index in [0.29, 0.717) is 0 Å². The highest BCUT2D eigenvalue weighted by Gasteiger charge is 2.00. The Balaban J connectivity index is 1.66. The molecule has 0 unspecified atom stereocenters. The molecule has 0 N–H and O–H groups in total. The topological polar surface area (TPSA) is 43.1 Å². The molecular weight excluding hydrogens is 268 g/mol. The molecule has 4 nitrogen and oxygen atoms in total. The highest BCUT2D eigenvalue weighted by atomic mass is 32.1. The molecule has 0 fully saturated rings. The summed E-state index contributed by atoms with van der Waals surface area (Å²) < 4.78 is 1.79. The molecule has 0 spiro atoms. The number of aromatic nitrogens is 4. The molecule has 0 aliphatic rings. The van der Waals surface area contributed by atoms with Crippen LogP contribution in [0, 0.1) is 25.7 Å². The SMILES string of the molecule is Cc1cc2nc(CCC#Cc3csc(C)n3)ccn2n1. The molecule has 0 amide bonds. The van der Waals surface area contributed by atoms with Crippen LogP contribution in [0.2, 0.25) is 0 Å². The van der Waals surface area contributed by atoms with Gasteiger partial charge < -0.3 is 0 Å². The number of hydrogen-bond donors (Lipinski definition) is 0. The van der Waals surface area contributed by atoms with Crippen molar-refractivity contribution in [1.29, 1.82) is 0 Å². The molecule has 0 aromatic carbocycles. The van der Waals surface area contributed by atoms with Crippen LogP contribution in [0.1, 0.15) is 28.5 Å². The number of aryl methyl sites for hydroxylation is 3. The molecule has 0 radical (unpaired) electrons. The third-order valence-electron chi connectivity index (χ3n) is 2.85. The molecule has 100 valence electrons. The molecule has 3 aromatic heterocycles. The quantitative estimate of drug-likeness (QED) is 0.679. The van der Waals surface area contributed by atoms with Crippen molar-refractivity contribution in [2.24, 2.45) is 0 Å². The van der Waals surface area contributed by atoms with E-state index in [-0.39, 0.29) is 0 Å². The Labute approximate surface area is 121 Å². The van der Waals surface area contributed by atoms with E-state index >= 15 is 0 Å². The first-order chi connectivity index (χ1) is 9.70. The Hall–Kier alpha value is -2.19. The fraction of sp³-hybridized carbons (Fsp3) is 0.267. The van der Waals surface area contributed by atoms with Crippen LogP contribution in [-0.4, -0.2) is 19.6 Å². The third-order valence-corrected chi connectivity index (χ3v) is 3.62. The summed E-state index contributed by atoms with van der Waals surface area (Å²) in [5.41, 5.74) is 3.78. The minimum Gasteiger partial charge on any atom is -0.234 e. The largest absolute Gasteiger partial charge is 0.234 e. The van der Waals surface area contributed by atoms with Gasteiger partial charge in [0, 0.05) is 36.2 Å². The molecule has 3 heterocycles. The van der Waals surface area contributed by atoms with Crippen molar-refractivity contribution in [2.45, 2.75) is 26.7 Å². The Kier molecular flexibility index (Phi) is 3.48. The molecule has 0 aliphatic heterocycles. The summed E-state index contributed by atoms with van der Waals surface area (Å²) in [5, 5.41) is 7.35. The standard InChI is InChI=1S/C15H14N4S/c1-11-9-15-17-13(7-8-19(15)18-11)5-3-4-6-14-10-20-12(2)16-14/h7-10H,3,5H2,1-2H3. The zero-order valence-corrected chi connectivity index (χ0v) is 12.2. The van der Waals surface area contributed by atoms with Crippen molar-refractivity contribution < 1.29 is 0 Å². The first-order valence-corrected chi connectivity index (χ1v) is 7.31. The monoisotopic (exact) mass is 282 g/mol. The van der Waals surface area contributed by atoms with Gasteiger partial charge in [0.1, 0.15) is 5.69 Å². The lowest BCUT2D eigenvalue weighted by molar-refractivity contribution is 0.884. The van der Waals surface area contributed by atoms with E-state index in [1.54, 1.807) is 15.9 Å². The van der Waals surface area contributed by atoms with E-state index in [0.717, 1.165) is 40.6 Å². The Morgan fingerprint density at radius 3 is 3.00 bits per heavy atom. The highest BCUT2D eigenvalue weighted by molar-refractivity contribution is 7.09. The number of fused-ring (bicyclic) bond motifs is 1. The molecule has 0 saturated carbocycles. The van der Waals surface area contributed by atoms with Crippen molar-refractivity contribution in [1.82, 2.24) is 19.6 Å². The molecule has 0 saturated heterocycles. The third kappa shape index (κ3) is 2.86. The lowest BCUT2D eigenvalue weighted by Gasteiger charge is -1.97. The van der Waals surface area contributed by atoms with Gasteiger partial charge in [0.2, 0.25) is 0 Å². The highest BCUT2D eigenvalue weighted by Crippen LogP contribution is 2.07. The van der Waals surface area contributed by atoms with Crippen LogP contribution in [0.15, 0.2) is 23.7 Å². The lowest BCUT2D eigenvalue weighted by Crippen LogP contribution is -1.94. The van der Waals surface area contributed by atoms with Gasteiger partial charge in [-0.3, -0.25) is 0 Å². The number of hydrogen-bond acceptors (Lipinski definition) is 4. The second kappa shape index (κ2) is 5.43. The van der Waals surface area contributed by atoms with Crippen LogP contribution in [0.3, 0.4) is 0 Å². The number of rotatable bonds is 2. The van der Waals surface area contributed by atoms with E-state index in [4.69, 9.17) is 0 Å². The normalized spacial score (nSPS) is 10.5. The summed E-state index contributed by atoms with van der Waals surface area (Å²) >= 11 is 1.63. The van der Waals surface area contributed by atoms with Gasteiger partial charge in [0.15, 0.2) is 5.65 Å². The zero-order valence-electron chi connectivity index (χ0n) is 11.4. The summed E-state index contributed by atoms with van der Waals surface area (Å²) in [4.78, 5) is 8.88. The minimum atomic E-state index is 0.785. The predicted molar refractivity (Wildman–Crippen MR) is 79.8 cm³/mol. The van der Waals surface area contributed by atoms with E-state index in [9.17, 15) is 0 Å².